The van der Waals surface area contributed by atoms with E-state index in [9.17, 15) is 5.11 Å². The second-order valence-corrected chi connectivity index (χ2v) is 7.15. The number of piperazine rings is 1. The number of aryl methyl sites for hydroxylation is 2. The van der Waals surface area contributed by atoms with Crippen LogP contribution in [0.2, 0.25) is 0 Å². The Morgan fingerprint density at radius 3 is 2.58 bits per heavy atom. The van der Waals surface area contributed by atoms with Crippen molar-refractivity contribution in [1.82, 2.24) is 9.88 Å². The van der Waals surface area contributed by atoms with Crippen molar-refractivity contribution < 1.29 is 9.84 Å². The Bertz CT molecular complexity index is 713. The summed E-state index contributed by atoms with van der Waals surface area (Å²) in [4.78, 5) is 9.00. The van der Waals surface area contributed by atoms with Crippen molar-refractivity contribution >= 4 is 5.82 Å². The van der Waals surface area contributed by atoms with Gasteiger partial charge in [-0.15, -0.1) is 0 Å². The number of aliphatic hydroxyl groups is 1. The van der Waals surface area contributed by atoms with E-state index in [1.165, 1.54) is 11.1 Å². The molecule has 0 amide bonds. The Morgan fingerprint density at radius 2 is 1.88 bits per heavy atom. The van der Waals surface area contributed by atoms with Gasteiger partial charge in [0.15, 0.2) is 0 Å². The first-order valence-corrected chi connectivity index (χ1v) is 9.30. The van der Waals surface area contributed by atoms with Crippen LogP contribution in [0.1, 0.15) is 16.7 Å². The van der Waals surface area contributed by atoms with Crippen LogP contribution in [0.15, 0.2) is 36.5 Å². The number of rotatable bonds is 6. The van der Waals surface area contributed by atoms with Crippen molar-refractivity contribution in [2.24, 2.45) is 0 Å². The van der Waals surface area contributed by atoms with Crippen LogP contribution in [0, 0.1) is 20.8 Å². The fourth-order valence-corrected chi connectivity index (χ4v) is 3.39. The molecule has 0 unspecified atom stereocenters. The van der Waals surface area contributed by atoms with E-state index in [0.717, 1.165) is 43.3 Å². The van der Waals surface area contributed by atoms with Crippen LogP contribution in [-0.2, 0) is 0 Å². The second kappa shape index (κ2) is 8.52. The lowest BCUT2D eigenvalue weighted by Gasteiger charge is -2.36. The van der Waals surface area contributed by atoms with Gasteiger partial charge in [0.1, 0.15) is 24.3 Å². The molecule has 5 nitrogen and oxygen atoms in total. The largest absolute Gasteiger partial charge is 0.491 e. The van der Waals surface area contributed by atoms with Gasteiger partial charge in [-0.1, -0.05) is 12.1 Å². The van der Waals surface area contributed by atoms with E-state index in [1.807, 2.05) is 30.5 Å². The highest BCUT2D eigenvalue weighted by atomic mass is 16.5. The van der Waals surface area contributed by atoms with Gasteiger partial charge >= 0.3 is 0 Å². The van der Waals surface area contributed by atoms with Crippen molar-refractivity contribution in [3.05, 3.63) is 53.2 Å². The molecule has 2 heterocycles. The number of β-amino-alcohol motifs (C(OH)–C–C–N with tert-alkyl or cyclic N) is 1. The van der Waals surface area contributed by atoms with Gasteiger partial charge in [0.05, 0.1) is 0 Å². The van der Waals surface area contributed by atoms with Crippen molar-refractivity contribution in [3.8, 4) is 5.75 Å². The number of ether oxygens (including phenoxy) is 1. The maximum absolute atomic E-state index is 10.4. The number of nitrogens with zero attached hydrogens (tertiary/aromatic N) is 3. The second-order valence-electron chi connectivity index (χ2n) is 7.15. The third-order valence-corrected chi connectivity index (χ3v) is 5.01. The number of anilines is 1. The Labute approximate surface area is 156 Å². The lowest BCUT2D eigenvalue weighted by atomic mass is 10.1. The highest BCUT2D eigenvalue weighted by molar-refractivity contribution is 5.42. The van der Waals surface area contributed by atoms with Crippen LogP contribution in [-0.4, -0.2) is 60.4 Å². The molecule has 1 aromatic carbocycles. The molecule has 5 heteroatoms. The molecule has 0 saturated carbocycles. The summed E-state index contributed by atoms with van der Waals surface area (Å²) in [5, 5.41) is 10.4. The van der Waals surface area contributed by atoms with Gasteiger partial charge in [0.25, 0.3) is 0 Å². The number of aliphatic hydroxyl groups excluding tert-OH is 1. The number of benzene rings is 1. The van der Waals surface area contributed by atoms with Gasteiger partial charge in [-0.3, -0.25) is 4.90 Å². The van der Waals surface area contributed by atoms with Crippen LogP contribution in [0.25, 0.3) is 0 Å². The Kier molecular flexibility index (Phi) is 6.12. The molecule has 3 rings (SSSR count). The van der Waals surface area contributed by atoms with Gasteiger partial charge in [0.2, 0.25) is 0 Å². The molecule has 1 fully saturated rings. The molecule has 0 spiro atoms. The molecule has 1 atom stereocenters. The number of hydrogen-bond donors (Lipinski definition) is 1. The zero-order valence-electron chi connectivity index (χ0n) is 16.0. The summed E-state index contributed by atoms with van der Waals surface area (Å²) in [7, 11) is 0. The average molecular weight is 355 g/mol. The molecule has 1 aliphatic heterocycles. The fourth-order valence-electron chi connectivity index (χ4n) is 3.39. The van der Waals surface area contributed by atoms with Crippen molar-refractivity contribution in [1.29, 1.82) is 0 Å². The van der Waals surface area contributed by atoms with E-state index in [-0.39, 0.29) is 0 Å². The Morgan fingerprint density at radius 1 is 1.12 bits per heavy atom. The minimum Gasteiger partial charge on any atom is -0.491 e. The van der Waals surface area contributed by atoms with Gasteiger partial charge < -0.3 is 14.7 Å². The van der Waals surface area contributed by atoms with Crippen LogP contribution < -0.4 is 9.64 Å². The molecular formula is C21H29N3O2. The fraction of sp³-hybridized carbons (Fsp3) is 0.476. The minimum atomic E-state index is -0.489. The molecule has 1 N–H and O–H groups in total. The third-order valence-electron chi connectivity index (χ3n) is 5.01. The SMILES string of the molecule is Cc1cc(C)c(C)c(OC[C@@H](O)CN2CCN(c3ccccn3)CC2)c1. The Balaban J connectivity index is 1.45. The van der Waals surface area contributed by atoms with Crippen LogP contribution >= 0.6 is 0 Å². The minimum absolute atomic E-state index is 0.324. The monoisotopic (exact) mass is 355 g/mol. The quantitative estimate of drug-likeness (QED) is 0.863. The van der Waals surface area contributed by atoms with E-state index in [2.05, 4.69) is 41.6 Å². The van der Waals surface area contributed by atoms with Crippen molar-refractivity contribution in [2.75, 3.05) is 44.2 Å². The summed E-state index contributed by atoms with van der Waals surface area (Å²) in [5.41, 5.74) is 3.55. The summed E-state index contributed by atoms with van der Waals surface area (Å²) in [6.45, 7) is 10.9. The molecule has 0 bridgehead atoms. The average Bonchev–Trinajstić information content (AvgIpc) is 2.65. The van der Waals surface area contributed by atoms with E-state index in [4.69, 9.17) is 4.74 Å². The maximum atomic E-state index is 10.4. The molecular weight excluding hydrogens is 326 g/mol. The molecule has 1 saturated heterocycles. The first-order valence-electron chi connectivity index (χ1n) is 9.30. The summed E-state index contributed by atoms with van der Waals surface area (Å²) in [6, 6.07) is 10.2. The molecule has 1 aliphatic rings. The molecule has 26 heavy (non-hydrogen) atoms. The van der Waals surface area contributed by atoms with E-state index >= 15 is 0 Å². The van der Waals surface area contributed by atoms with Gasteiger partial charge in [0, 0.05) is 38.9 Å². The lowest BCUT2D eigenvalue weighted by Crippen LogP contribution is -2.49. The van der Waals surface area contributed by atoms with Crippen LogP contribution in [0.3, 0.4) is 0 Å². The standard InChI is InChI=1S/C21H29N3O2/c1-16-12-17(2)18(3)20(13-16)26-15-19(25)14-23-8-10-24(11-9-23)21-6-4-5-7-22-21/h4-7,12-13,19,25H,8-11,14-15H2,1-3H3/t19-/m0/s1. The highest BCUT2D eigenvalue weighted by Gasteiger charge is 2.20. The van der Waals surface area contributed by atoms with Crippen molar-refractivity contribution in [2.45, 2.75) is 26.9 Å². The van der Waals surface area contributed by atoms with Crippen LogP contribution in [0.4, 0.5) is 5.82 Å². The summed E-state index contributed by atoms with van der Waals surface area (Å²) >= 11 is 0. The first kappa shape index (κ1) is 18.7. The zero-order chi connectivity index (χ0) is 18.5. The van der Waals surface area contributed by atoms with Gasteiger partial charge in [-0.05, 0) is 55.7 Å². The highest BCUT2D eigenvalue weighted by Crippen LogP contribution is 2.23. The molecule has 0 aliphatic carbocycles. The van der Waals surface area contributed by atoms with E-state index in [1.54, 1.807) is 0 Å². The maximum Gasteiger partial charge on any atom is 0.128 e. The van der Waals surface area contributed by atoms with Crippen molar-refractivity contribution in [3.63, 3.8) is 0 Å². The molecule has 0 radical (unpaired) electrons. The summed E-state index contributed by atoms with van der Waals surface area (Å²) < 4.78 is 5.90. The smallest absolute Gasteiger partial charge is 0.128 e. The summed E-state index contributed by atoms with van der Waals surface area (Å²) in [6.07, 6.45) is 1.34. The topological polar surface area (TPSA) is 48.8 Å². The Hall–Kier alpha value is -2.11. The van der Waals surface area contributed by atoms with E-state index < -0.39 is 6.10 Å². The van der Waals surface area contributed by atoms with Gasteiger partial charge in [-0.25, -0.2) is 4.98 Å². The zero-order valence-corrected chi connectivity index (χ0v) is 16.0. The lowest BCUT2D eigenvalue weighted by molar-refractivity contribution is 0.0660. The first-order chi connectivity index (χ1) is 12.5. The number of hydrogen-bond acceptors (Lipinski definition) is 5. The molecule has 1 aromatic heterocycles. The predicted molar refractivity (Wildman–Crippen MR) is 105 cm³/mol. The normalized spacial score (nSPS) is 16.5. The summed E-state index contributed by atoms with van der Waals surface area (Å²) in [5.74, 6) is 1.91. The predicted octanol–water partition coefficient (Wildman–Crippen LogP) is 2.57. The van der Waals surface area contributed by atoms with Gasteiger partial charge in [-0.2, -0.15) is 0 Å². The third kappa shape index (κ3) is 4.74. The number of pyridine rings is 1. The number of aromatic nitrogens is 1. The van der Waals surface area contributed by atoms with Crippen LogP contribution in [0.5, 0.6) is 5.75 Å². The molecule has 2 aromatic rings. The van der Waals surface area contributed by atoms with E-state index in [0.29, 0.717) is 13.2 Å². The molecule has 140 valence electrons.